The van der Waals surface area contributed by atoms with Crippen LogP contribution in [0.4, 0.5) is 5.69 Å². The summed E-state index contributed by atoms with van der Waals surface area (Å²) in [6, 6.07) is 8.08. The first kappa shape index (κ1) is 12.8. The van der Waals surface area contributed by atoms with Crippen LogP contribution in [-0.2, 0) is 0 Å². The molecule has 0 aliphatic carbocycles. The maximum atomic E-state index is 11.7. The first-order valence-electron chi connectivity index (χ1n) is 5.72. The standard InChI is InChI=1S/C13H12N2O4/c1-2-19-11-5-3-9(4-6-11)12-7-10(15(17)18)8-14-13(12)16/h3-8H,2H2,1H3,(H,14,16). The Balaban J connectivity index is 2.43. The van der Waals surface area contributed by atoms with Gasteiger partial charge in [-0.1, -0.05) is 12.1 Å². The van der Waals surface area contributed by atoms with Crippen LogP contribution in [0.5, 0.6) is 5.75 Å². The van der Waals surface area contributed by atoms with Crippen LogP contribution in [0.25, 0.3) is 11.1 Å². The van der Waals surface area contributed by atoms with Crippen molar-refractivity contribution >= 4 is 5.69 Å². The number of hydrogen-bond acceptors (Lipinski definition) is 4. The molecule has 0 spiro atoms. The van der Waals surface area contributed by atoms with Crippen molar-refractivity contribution in [1.82, 2.24) is 4.98 Å². The fraction of sp³-hybridized carbons (Fsp3) is 0.154. The predicted octanol–water partition coefficient (Wildman–Crippen LogP) is 2.35. The van der Waals surface area contributed by atoms with E-state index in [1.165, 1.54) is 6.07 Å². The lowest BCUT2D eigenvalue weighted by molar-refractivity contribution is -0.385. The van der Waals surface area contributed by atoms with Crippen LogP contribution in [0, 0.1) is 10.1 Å². The molecule has 1 N–H and O–H groups in total. The second kappa shape index (κ2) is 5.34. The summed E-state index contributed by atoms with van der Waals surface area (Å²) in [5.74, 6) is 0.688. The molecule has 2 aromatic rings. The average Bonchev–Trinajstić information content (AvgIpc) is 2.40. The Kier molecular flexibility index (Phi) is 3.61. The van der Waals surface area contributed by atoms with Gasteiger partial charge < -0.3 is 9.72 Å². The van der Waals surface area contributed by atoms with Crippen molar-refractivity contribution in [3.63, 3.8) is 0 Å². The number of aromatic nitrogens is 1. The summed E-state index contributed by atoms with van der Waals surface area (Å²) in [4.78, 5) is 24.2. The van der Waals surface area contributed by atoms with Crippen LogP contribution >= 0.6 is 0 Å². The third-order valence-corrected chi connectivity index (χ3v) is 2.58. The molecule has 0 aliphatic heterocycles. The Morgan fingerprint density at radius 2 is 2.00 bits per heavy atom. The summed E-state index contributed by atoms with van der Waals surface area (Å²) >= 11 is 0. The summed E-state index contributed by atoms with van der Waals surface area (Å²) in [7, 11) is 0. The molecule has 98 valence electrons. The second-order valence-corrected chi connectivity index (χ2v) is 3.82. The SMILES string of the molecule is CCOc1ccc(-c2cc([N+](=O)[O-])c[nH]c2=O)cc1. The summed E-state index contributed by atoms with van der Waals surface area (Å²) in [5, 5.41) is 10.7. The quantitative estimate of drug-likeness (QED) is 0.675. The number of aromatic amines is 1. The van der Waals surface area contributed by atoms with Crippen LogP contribution in [0.1, 0.15) is 6.92 Å². The van der Waals surface area contributed by atoms with Gasteiger partial charge in [-0.3, -0.25) is 14.9 Å². The van der Waals surface area contributed by atoms with Gasteiger partial charge in [0, 0.05) is 6.07 Å². The van der Waals surface area contributed by atoms with Crippen molar-refractivity contribution in [2.24, 2.45) is 0 Å². The van der Waals surface area contributed by atoms with E-state index in [1.54, 1.807) is 24.3 Å². The van der Waals surface area contributed by atoms with E-state index in [0.29, 0.717) is 17.9 Å². The molecule has 0 aliphatic rings. The van der Waals surface area contributed by atoms with Gasteiger partial charge >= 0.3 is 0 Å². The van der Waals surface area contributed by atoms with Crippen LogP contribution in [0.2, 0.25) is 0 Å². The van der Waals surface area contributed by atoms with E-state index < -0.39 is 4.92 Å². The van der Waals surface area contributed by atoms with Gasteiger partial charge in [-0.15, -0.1) is 0 Å². The van der Waals surface area contributed by atoms with Gasteiger partial charge in [0.25, 0.3) is 11.2 Å². The van der Waals surface area contributed by atoms with E-state index in [1.807, 2.05) is 6.92 Å². The molecule has 0 atom stereocenters. The zero-order valence-corrected chi connectivity index (χ0v) is 10.3. The molecule has 0 bridgehead atoms. The van der Waals surface area contributed by atoms with Crippen LogP contribution in [-0.4, -0.2) is 16.5 Å². The fourth-order valence-electron chi connectivity index (χ4n) is 1.69. The highest BCUT2D eigenvalue weighted by atomic mass is 16.6. The molecule has 6 heteroatoms. The van der Waals surface area contributed by atoms with Crippen LogP contribution in [0.3, 0.4) is 0 Å². The van der Waals surface area contributed by atoms with E-state index >= 15 is 0 Å². The molecule has 0 amide bonds. The lowest BCUT2D eigenvalue weighted by atomic mass is 10.1. The Hall–Kier alpha value is -2.63. The van der Waals surface area contributed by atoms with Gasteiger partial charge in [-0.05, 0) is 24.6 Å². The molecule has 0 radical (unpaired) electrons. The minimum absolute atomic E-state index is 0.150. The maximum absolute atomic E-state index is 11.7. The topological polar surface area (TPSA) is 85.2 Å². The third kappa shape index (κ3) is 2.79. The van der Waals surface area contributed by atoms with Crippen molar-refractivity contribution in [2.45, 2.75) is 6.92 Å². The number of ether oxygens (including phenoxy) is 1. The highest BCUT2D eigenvalue weighted by Crippen LogP contribution is 2.22. The zero-order valence-electron chi connectivity index (χ0n) is 10.3. The van der Waals surface area contributed by atoms with Gasteiger partial charge in [0.05, 0.1) is 23.3 Å². The number of benzene rings is 1. The van der Waals surface area contributed by atoms with Crippen molar-refractivity contribution in [3.8, 4) is 16.9 Å². The van der Waals surface area contributed by atoms with Gasteiger partial charge in [0.2, 0.25) is 0 Å². The maximum Gasteiger partial charge on any atom is 0.286 e. The van der Waals surface area contributed by atoms with Gasteiger partial charge in [-0.2, -0.15) is 0 Å². The Morgan fingerprint density at radius 1 is 1.32 bits per heavy atom. The summed E-state index contributed by atoms with van der Waals surface area (Å²) in [6.45, 7) is 2.43. The molecule has 2 rings (SSSR count). The molecule has 0 saturated heterocycles. The lowest BCUT2D eigenvalue weighted by Gasteiger charge is -2.04. The first-order valence-corrected chi connectivity index (χ1v) is 5.72. The van der Waals surface area contributed by atoms with Crippen LogP contribution in [0.15, 0.2) is 41.3 Å². The Labute approximate surface area is 108 Å². The minimum Gasteiger partial charge on any atom is -0.494 e. The van der Waals surface area contributed by atoms with E-state index in [0.717, 1.165) is 6.20 Å². The molecule has 0 unspecified atom stereocenters. The average molecular weight is 260 g/mol. The summed E-state index contributed by atoms with van der Waals surface area (Å²) in [5.41, 5.74) is 0.351. The number of H-pyrrole nitrogens is 1. The van der Waals surface area contributed by atoms with E-state index in [2.05, 4.69) is 4.98 Å². The smallest absolute Gasteiger partial charge is 0.286 e. The highest BCUT2D eigenvalue weighted by molar-refractivity contribution is 5.65. The number of nitro groups is 1. The first-order chi connectivity index (χ1) is 9.11. The number of nitrogens with one attached hydrogen (secondary N) is 1. The molecular weight excluding hydrogens is 248 g/mol. The molecule has 0 fully saturated rings. The second-order valence-electron chi connectivity index (χ2n) is 3.82. The van der Waals surface area contributed by atoms with Gasteiger partial charge in [0.1, 0.15) is 5.75 Å². The number of hydrogen-bond donors (Lipinski definition) is 1. The molecule has 0 saturated carbocycles. The van der Waals surface area contributed by atoms with Crippen molar-refractivity contribution in [1.29, 1.82) is 0 Å². The third-order valence-electron chi connectivity index (χ3n) is 2.58. The summed E-state index contributed by atoms with van der Waals surface area (Å²) in [6.07, 6.45) is 1.08. The zero-order chi connectivity index (χ0) is 13.8. The normalized spacial score (nSPS) is 10.2. The van der Waals surface area contributed by atoms with Crippen LogP contribution < -0.4 is 10.3 Å². The Morgan fingerprint density at radius 3 is 2.58 bits per heavy atom. The lowest BCUT2D eigenvalue weighted by Crippen LogP contribution is -2.09. The van der Waals surface area contributed by atoms with E-state index in [4.69, 9.17) is 4.74 Å². The van der Waals surface area contributed by atoms with E-state index in [-0.39, 0.29) is 16.8 Å². The largest absolute Gasteiger partial charge is 0.494 e. The van der Waals surface area contributed by atoms with Gasteiger partial charge in [-0.25, -0.2) is 0 Å². The molecule has 1 aromatic carbocycles. The monoisotopic (exact) mass is 260 g/mol. The van der Waals surface area contributed by atoms with Crippen molar-refractivity contribution < 1.29 is 9.66 Å². The fourth-order valence-corrected chi connectivity index (χ4v) is 1.69. The molecule has 6 nitrogen and oxygen atoms in total. The molecule has 1 aromatic heterocycles. The number of rotatable bonds is 4. The Bertz CT molecular complexity index is 646. The molecular formula is C13H12N2O4. The number of pyridine rings is 1. The van der Waals surface area contributed by atoms with Gasteiger partial charge in [0.15, 0.2) is 0 Å². The number of nitrogens with zero attached hydrogens (tertiary/aromatic N) is 1. The van der Waals surface area contributed by atoms with Crippen molar-refractivity contribution in [3.05, 3.63) is 57.0 Å². The minimum atomic E-state index is -0.548. The van der Waals surface area contributed by atoms with E-state index in [9.17, 15) is 14.9 Å². The van der Waals surface area contributed by atoms with Crippen molar-refractivity contribution in [2.75, 3.05) is 6.61 Å². The molecule has 19 heavy (non-hydrogen) atoms. The molecule has 1 heterocycles. The summed E-state index contributed by atoms with van der Waals surface area (Å²) < 4.78 is 5.29. The predicted molar refractivity (Wildman–Crippen MR) is 70.3 cm³/mol. The highest BCUT2D eigenvalue weighted by Gasteiger charge is 2.11.